The number of rotatable bonds is 6. The number of nitrogens with one attached hydrogen (secondary N) is 1. The molecule has 1 atom stereocenters. The summed E-state index contributed by atoms with van der Waals surface area (Å²) in [6.07, 6.45) is 0.909. The van der Waals surface area contributed by atoms with E-state index in [0.29, 0.717) is 17.2 Å². The molecule has 0 saturated heterocycles. The van der Waals surface area contributed by atoms with Crippen LogP contribution in [0, 0.1) is 6.92 Å². The molecule has 1 amide bonds. The number of hydrogen-bond donors (Lipinski definition) is 1. The number of halogens is 1. The quantitative estimate of drug-likeness (QED) is 0.808. The van der Waals surface area contributed by atoms with Gasteiger partial charge < -0.3 is 10.1 Å². The van der Waals surface area contributed by atoms with Gasteiger partial charge in [0.25, 0.3) is 5.91 Å². The molecule has 0 aliphatic heterocycles. The monoisotopic (exact) mass is 331 g/mol. The van der Waals surface area contributed by atoms with Crippen LogP contribution < -0.4 is 10.1 Å². The summed E-state index contributed by atoms with van der Waals surface area (Å²) in [5, 5.41) is 3.66. The largest absolute Gasteiger partial charge is 0.481 e. The van der Waals surface area contributed by atoms with Crippen LogP contribution in [0.4, 0.5) is 5.69 Å². The lowest BCUT2D eigenvalue weighted by atomic mass is 10.1. The number of anilines is 1. The normalized spacial score (nSPS) is 11.8. The van der Waals surface area contributed by atoms with Crippen molar-refractivity contribution in [3.8, 4) is 5.75 Å². The van der Waals surface area contributed by atoms with Gasteiger partial charge in [0.05, 0.1) is 0 Å². The van der Waals surface area contributed by atoms with Crippen molar-refractivity contribution in [1.82, 2.24) is 0 Å². The van der Waals surface area contributed by atoms with Gasteiger partial charge in [-0.05, 0) is 55.2 Å². The molecular weight excluding hydrogens is 310 g/mol. The third-order valence-corrected chi connectivity index (χ3v) is 4.15. The van der Waals surface area contributed by atoms with Gasteiger partial charge in [0.15, 0.2) is 6.10 Å². The fraction of sp³-hybridized carbons (Fsp3) is 0.316. The van der Waals surface area contributed by atoms with Crippen molar-refractivity contribution in [3.05, 3.63) is 58.6 Å². The first-order valence-electron chi connectivity index (χ1n) is 7.86. The molecule has 23 heavy (non-hydrogen) atoms. The highest BCUT2D eigenvalue weighted by Gasteiger charge is 2.19. The Balaban J connectivity index is 2.10. The van der Waals surface area contributed by atoms with Crippen LogP contribution in [-0.2, 0) is 11.2 Å². The molecule has 2 rings (SSSR count). The van der Waals surface area contributed by atoms with E-state index in [2.05, 4.69) is 12.2 Å². The van der Waals surface area contributed by atoms with Crippen LogP contribution in [0.3, 0.4) is 0 Å². The topological polar surface area (TPSA) is 38.3 Å². The zero-order chi connectivity index (χ0) is 16.8. The van der Waals surface area contributed by atoms with E-state index in [9.17, 15) is 4.79 Å². The molecule has 0 spiro atoms. The van der Waals surface area contributed by atoms with Crippen molar-refractivity contribution in [2.45, 2.75) is 39.7 Å². The smallest absolute Gasteiger partial charge is 0.265 e. The van der Waals surface area contributed by atoms with Gasteiger partial charge in [0, 0.05) is 10.7 Å². The third kappa shape index (κ3) is 4.49. The zero-order valence-corrected chi connectivity index (χ0v) is 14.5. The summed E-state index contributed by atoms with van der Waals surface area (Å²) < 4.78 is 5.84. The Labute approximate surface area is 142 Å². The molecule has 0 radical (unpaired) electrons. The van der Waals surface area contributed by atoms with Gasteiger partial charge in [-0.25, -0.2) is 0 Å². The second-order valence-electron chi connectivity index (χ2n) is 5.43. The van der Waals surface area contributed by atoms with Crippen molar-refractivity contribution < 1.29 is 9.53 Å². The number of hydrogen-bond acceptors (Lipinski definition) is 2. The first kappa shape index (κ1) is 17.4. The van der Waals surface area contributed by atoms with Crippen LogP contribution in [0.5, 0.6) is 5.75 Å². The second kappa shape index (κ2) is 8.02. The summed E-state index contributed by atoms with van der Waals surface area (Å²) >= 11 is 6.02. The van der Waals surface area contributed by atoms with Crippen LogP contribution in [0.25, 0.3) is 0 Å². The standard InChI is InChI=1S/C19H22ClNO2/c1-4-14-8-6-7-9-17(14)21-19(22)18(5-2)23-15-10-11-16(20)13(3)12-15/h6-12,18H,4-5H2,1-3H3,(H,21,22). The first-order valence-corrected chi connectivity index (χ1v) is 8.24. The molecule has 122 valence electrons. The zero-order valence-electron chi connectivity index (χ0n) is 13.7. The van der Waals surface area contributed by atoms with Gasteiger partial charge in [0.2, 0.25) is 0 Å². The Morgan fingerprint density at radius 3 is 2.61 bits per heavy atom. The minimum atomic E-state index is -0.541. The molecule has 0 heterocycles. The predicted molar refractivity (Wildman–Crippen MR) is 95.3 cm³/mol. The van der Waals surface area contributed by atoms with Crippen molar-refractivity contribution in [3.63, 3.8) is 0 Å². The average Bonchev–Trinajstić information content (AvgIpc) is 2.56. The number of para-hydroxylation sites is 1. The predicted octanol–water partition coefficient (Wildman–Crippen LogP) is 5.01. The van der Waals surface area contributed by atoms with E-state index in [1.54, 1.807) is 12.1 Å². The molecule has 0 bridgehead atoms. The number of benzene rings is 2. The van der Waals surface area contributed by atoms with Gasteiger partial charge >= 0.3 is 0 Å². The van der Waals surface area contributed by atoms with E-state index in [0.717, 1.165) is 23.2 Å². The maximum absolute atomic E-state index is 12.5. The third-order valence-electron chi connectivity index (χ3n) is 3.73. The highest BCUT2D eigenvalue weighted by Crippen LogP contribution is 2.23. The van der Waals surface area contributed by atoms with Crippen LogP contribution in [0.2, 0.25) is 5.02 Å². The van der Waals surface area contributed by atoms with Crippen LogP contribution >= 0.6 is 11.6 Å². The van der Waals surface area contributed by atoms with Crippen molar-refractivity contribution in [2.24, 2.45) is 0 Å². The molecule has 0 aliphatic carbocycles. The lowest BCUT2D eigenvalue weighted by Crippen LogP contribution is -2.32. The Hall–Kier alpha value is -2.00. The molecule has 1 N–H and O–H groups in total. The number of carbonyl (C=O) groups excluding carboxylic acids is 1. The molecule has 2 aromatic rings. The summed E-state index contributed by atoms with van der Waals surface area (Å²) in [6.45, 7) is 5.90. The minimum Gasteiger partial charge on any atom is -0.481 e. The Morgan fingerprint density at radius 1 is 1.22 bits per heavy atom. The molecule has 0 saturated carbocycles. The molecule has 2 aromatic carbocycles. The Bertz CT molecular complexity index is 685. The van der Waals surface area contributed by atoms with Crippen molar-refractivity contribution in [2.75, 3.05) is 5.32 Å². The average molecular weight is 332 g/mol. The van der Waals surface area contributed by atoms with E-state index in [-0.39, 0.29) is 5.91 Å². The van der Waals surface area contributed by atoms with Gasteiger partial charge in [-0.2, -0.15) is 0 Å². The fourth-order valence-corrected chi connectivity index (χ4v) is 2.46. The maximum atomic E-state index is 12.5. The molecule has 0 aliphatic rings. The number of aryl methyl sites for hydroxylation is 2. The highest BCUT2D eigenvalue weighted by molar-refractivity contribution is 6.31. The molecule has 0 aromatic heterocycles. The summed E-state index contributed by atoms with van der Waals surface area (Å²) in [6, 6.07) is 13.2. The lowest BCUT2D eigenvalue weighted by Gasteiger charge is -2.19. The number of ether oxygens (including phenoxy) is 1. The minimum absolute atomic E-state index is 0.138. The van der Waals surface area contributed by atoms with Crippen LogP contribution in [0.15, 0.2) is 42.5 Å². The van der Waals surface area contributed by atoms with E-state index in [4.69, 9.17) is 16.3 Å². The summed E-state index contributed by atoms with van der Waals surface area (Å²) in [5.41, 5.74) is 2.88. The summed E-state index contributed by atoms with van der Waals surface area (Å²) in [7, 11) is 0. The van der Waals surface area contributed by atoms with E-state index in [1.165, 1.54) is 0 Å². The molecule has 0 fully saturated rings. The summed E-state index contributed by atoms with van der Waals surface area (Å²) in [5.74, 6) is 0.513. The molecule has 3 nitrogen and oxygen atoms in total. The highest BCUT2D eigenvalue weighted by atomic mass is 35.5. The molecule has 4 heteroatoms. The van der Waals surface area contributed by atoms with E-state index < -0.39 is 6.10 Å². The molecule has 1 unspecified atom stereocenters. The van der Waals surface area contributed by atoms with Crippen molar-refractivity contribution >= 4 is 23.2 Å². The first-order chi connectivity index (χ1) is 11.0. The fourth-order valence-electron chi connectivity index (χ4n) is 2.34. The van der Waals surface area contributed by atoms with Crippen LogP contribution in [0.1, 0.15) is 31.4 Å². The maximum Gasteiger partial charge on any atom is 0.265 e. The SMILES string of the molecule is CCc1ccccc1NC(=O)C(CC)Oc1ccc(Cl)c(C)c1. The summed E-state index contributed by atoms with van der Waals surface area (Å²) in [4.78, 5) is 12.5. The van der Waals surface area contributed by atoms with Gasteiger partial charge in [-0.3, -0.25) is 4.79 Å². The van der Waals surface area contributed by atoms with Gasteiger partial charge in [-0.15, -0.1) is 0 Å². The molecular formula is C19H22ClNO2. The Kier molecular flexibility index (Phi) is 6.05. The van der Waals surface area contributed by atoms with Crippen molar-refractivity contribution in [1.29, 1.82) is 0 Å². The van der Waals surface area contributed by atoms with E-state index >= 15 is 0 Å². The van der Waals surface area contributed by atoms with Gasteiger partial charge in [-0.1, -0.05) is 43.6 Å². The van der Waals surface area contributed by atoms with Gasteiger partial charge in [0.1, 0.15) is 5.75 Å². The van der Waals surface area contributed by atoms with Crippen LogP contribution in [-0.4, -0.2) is 12.0 Å². The van der Waals surface area contributed by atoms with E-state index in [1.807, 2.05) is 44.2 Å². The second-order valence-corrected chi connectivity index (χ2v) is 5.83. The number of amides is 1. The lowest BCUT2D eigenvalue weighted by molar-refractivity contribution is -0.122. The Morgan fingerprint density at radius 2 is 1.96 bits per heavy atom. The number of carbonyl (C=O) groups is 1.